The Morgan fingerprint density at radius 3 is 2.72 bits per heavy atom. The summed E-state index contributed by atoms with van der Waals surface area (Å²) in [6, 6.07) is 10.9. The fourth-order valence-corrected chi connectivity index (χ4v) is 4.43. The fraction of sp³-hybridized carbons (Fsp3) is 0.286. The number of hydrogen-bond donors (Lipinski definition) is 0. The van der Waals surface area contributed by atoms with Crippen molar-refractivity contribution >= 4 is 35.0 Å². The zero-order valence-corrected chi connectivity index (χ0v) is 17.7. The van der Waals surface area contributed by atoms with Crippen LogP contribution in [0.1, 0.15) is 40.8 Å². The summed E-state index contributed by atoms with van der Waals surface area (Å²) in [7, 11) is 0. The molecule has 6 nitrogen and oxygen atoms in total. The molecule has 4 rings (SSSR count). The second-order valence-electron chi connectivity index (χ2n) is 6.82. The molecule has 1 aromatic carbocycles. The maximum Gasteiger partial charge on any atom is 0.253 e. The molecule has 0 aliphatic carbocycles. The van der Waals surface area contributed by atoms with Crippen LogP contribution in [0.2, 0.25) is 5.02 Å². The normalized spacial score (nSPS) is 16.3. The minimum absolute atomic E-state index is 0.0628. The lowest BCUT2D eigenvalue weighted by Gasteiger charge is -2.19. The van der Waals surface area contributed by atoms with Crippen LogP contribution in [0.5, 0.6) is 0 Å². The van der Waals surface area contributed by atoms with E-state index in [0.717, 1.165) is 34.1 Å². The third kappa shape index (κ3) is 4.26. The van der Waals surface area contributed by atoms with Gasteiger partial charge in [0.15, 0.2) is 0 Å². The summed E-state index contributed by atoms with van der Waals surface area (Å²) in [4.78, 5) is 13.0. The first-order valence-corrected chi connectivity index (χ1v) is 10.7. The number of thioether (sulfide) groups is 1. The monoisotopic (exact) mass is 429 g/mol. The Bertz CT molecular complexity index is 1010. The van der Waals surface area contributed by atoms with Crippen LogP contribution in [-0.2, 0) is 10.5 Å². The van der Waals surface area contributed by atoms with Gasteiger partial charge in [0, 0.05) is 22.8 Å². The highest BCUT2D eigenvalue weighted by atomic mass is 35.5. The van der Waals surface area contributed by atoms with Crippen LogP contribution in [0.25, 0.3) is 0 Å². The van der Waals surface area contributed by atoms with Crippen LogP contribution >= 0.6 is 23.4 Å². The van der Waals surface area contributed by atoms with Crippen molar-refractivity contribution in [2.24, 2.45) is 5.10 Å². The second-order valence-corrected chi connectivity index (χ2v) is 8.24. The molecule has 0 spiro atoms. The summed E-state index contributed by atoms with van der Waals surface area (Å²) < 4.78 is 10.8. The number of hydrazone groups is 1. The lowest BCUT2D eigenvalue weighted by molar-refractivity contribution is -0.130. The summed E-state index contributed by atoms with van der Waals surface area (Å²) in [5.74, 6) is 2.42. The van der Waals surface area contributed by atoms with Crippen LogP contribution in [0.15, 0.2) is 56.7 Å². The summed E-state index contributed by atoms with van der Waals surface area (Å²) in [6.07, 6.45) is 2.21. The Labute approximate surface area is 177 Å². The van der Waals surface area contributed by atoms with Crippen molar-refractivity contribution in [1.82, 2.24) is 10.2 Å². The molecule has 8 heteroatoms. The second kappa shape index (κ2) is 8.47. The first-order chi connectivity index (χ1) is 14.0. The maximum atomic E-state index is 13.0. The molecule has 1 aliphatic heterocycles. The van der Waals surface area contributed by atoms with Crippen molar-refractivity contribution < 1.29 is 13.7 Å². The number of carbonyl (C=O) groups is 1. The van der Waals surface area contributed by atoms with E-state index in [1.807, 2.05) is 50.2 Å². The number of carbonyl (C=O) groups excluding carboxylic acids is 1. The van der Waals surface area contributed by atoms with Gasteiger partial charge in [-0.2, -0.15) is 5.10 Å². The molecule has 150 valence electrons. The molecule has 0 saturated heterocycles. The minimum Gasteiger partial charge on any atom is -0.467 e. The van der Waals surface area contributed by atoms with Crippen molar-refractivity contribution in [3.63, 3.8) is 0 Å². The smallest absolute Gasteiger partial charge is 0.253 e. The van der Waals surface area contributed by atoms with Gasteiger partial charge in [0.05, 0.1) is 23.4 Å². The Balaban J connectivity index is 1.49. The molecule has 0 bridgehead atoms. The average Bonchev–Trinajstić information content (AvgIpc) is 3.44. The first kappa shape index (κ1) is 19.8. The molecular formula is C21H20ClN3O3S. The van der Waals surface area contributed by atoms with E-state index in [2.05, 4.69) is 10.3 Å². The lowest BCUT2D eigenvalue weighted by atomic mass is 10.0. The quantitative estimate of drug-likeness (QED) is 0.541. The number of hydrogen-bond acceptors (Lipinski definition) is 6. The van der Waals surface area contributed by atoms with Crippen LogP contribution in [0.4, 0.5) is 0 Å². The average molecular weight is 430 g/mol. The highest BCUT2D eigenvalue weighted by Crippen LogP contribution is 2.34. The minimum atomic E-state index is -0.247. The fourth-order valence-electron chi connectivity index (χ4n) is 3.27. The molecule has 3 heterocycles. The van der Waals surface area contributed by atoms with E-state index >= 15 is 0 Å². The Hall–Kier alpha value is -2.51. The van der Waals surface area contributed by atoms with Gasteiger partial charge in [0.1, 0.15) is 17.6 Å². The van der Waals surface area contributed by atoms with Gasteiger partial charge in [-0.3, -0.25) is 4.79 Å². The third-order valence-electron chi connectivity index (χ3n) is 4.87. The molecule has 2 aromatic heterocycles. The predicted molar refractivity (Wildman–Crippen MR) is 113 cm³/mol. The van der Waals surface area contributed by atoms with Crippen molar-refractivity contribution in [3.8, 4) is 0 Å². The van der Waals surface area contributed by atoms with E-state index in [-0.39, 0.29) is 11.9 Å². The number of halogens is 1. The molecule has 0 fully saturated rings. The van der Waals surface area contributed by atoms with E-state index < -0.39 is 0 Å². The number of amides is 1. The van der Waals surface area contributed by atoms with E-state index in [1.165, 1.54) is 11.8 Å². The number of nitrogens with zero attached hydrogens (tertiary/aromatic N) is 3. The zero-order valence-electron chi connectivity index (χ0n) is 16.1. The summed E-state index contributed by atoms with van der Waals surface area (Å²) in [6.45, 7) is 3.79. The highest BCUT2D eigenvalue weighted by molar-refractivity contribution is 7.99. The summed E-state index contributed by atoms with van der Waals surface area (Å²) >= 11 is 7.52. The Kier molecular flexibility index (Phi) is 5.78. The number of benzene rings is 1. The van der Waals surface area contributed by atoms with Crippen LogP contribution in [0.3, 0.4) is 0 Å². The highest BCUT2D eigenvalue weighted by Gasteiger charge is 2.34. The molecule has 0 N–H and O–H groups in total. The lowest BCUT2D eigenvalue weighted by Crippen LogP contribution is -2.28. The molecule has 1 amide bonds. The van der Waals surface area contributed by atoms with Crippen molar-refractivity contribution in [3.05, 3.63) is 76.0 Å². The van der Waals surface area contributed by atoms with E-state index in [1.54, 1.807) is 11.3 Å². The topological polar surface area (TPSA) is 71.8 Å². The zero-order chi connectivity index (χ0) is 20.4. The van der Waals surface area contributed by atoms with Gasteiger partial charge < -0.3 is 8.94 Å². The Morgan fingerprint density at radius 2 is 2.07 bits per heavy atom. The van der Waals surface area contributed by atoms with Crippen LogP contribution < -0.4 is 0 Å². The van der Waals surface area contributed by atoms with E-state index in [4.69, 9.17) is 20.5 Å². The third-order valence-corrected chi connectivity index (χ3v) is 6.06. The van der Waals surface area contributed by atoms with Crippen LogP contribution in [0, 0.1) is 13.8 Å². The molecular weight excluding hydrogens is 410 g/mol. The van der Waals surface area contributed by atoms with Gasteiger partial charge in [-0.1, -0.05) is 28.9 Å². The van der Waals surface area contributed by atoms with Gasteiger partial charge >= 0.3 is 0 Å². The molecule has 29 heavy (non-hydrogen) atoms. The van der Waals surface area contributed by atoms with Gasteiger partial charge in [0.2, 0.25) is 0 Å². The molecule has 0 unspecified atom stereocenters. The molecule has 1 atom stereocenters. The summed E-state index contributed by atoms with van der Waals surface area (Å²) in [5, 5.41) is 10.8. The van der Waals surface area contributed by atoms with Gasteiger partial charge in [-0.05, 0) is 43.7 Å². The number of furan rings is 1. The number of aryl methyl sites for hydroxylation is 2. The van der Waals surface area contributed by atoms with Gasteiger partial charge in [-0.15, -0.1) is 11.8 Å². The summed E-state index contributed by atoms with van der Waals surface area (Å²) in [5.41, 5.74) is 3.69. The molecule has 0 saturated carbocycles. The number of rotatable bonds is 6. The van der Waals surface area contributed by atoms with E-state index in [9.17, 15) is 4.79 Å². The van der Waals surface area contributed by atoms with Crippen molar-refractivity contribution in [1.29, 1.82) is 0 Å². The van der Waals surface area contributed by atoms with Crippen LogP contribution in [-0.4, -0.2) is 27.5 Å². The molecule has 0 radical (unpaired) electrons. The molecule has 3 aromatic rings. The SMILES string of the molecule is Cc1noc(C)c1CSCC(=O)N1N=C(c2ccc(Cl)cc2)C[C@@H]1c1ccco1. The number of aromatic nitrogens is 1. The van der Waals surface area contributed by atoms with E-state index in [0.29, 0.717) is 22.9 Å². The molecule has 1 aliphatic rings. The largest absolute Gasteiger partial charge is 0.467 e. The van der Waals surface area contributed by atoms with Crippen molar-refractivity contribution in [2.75, 3.05) is 5.75 Å². The first-order valence-electron chi connectivity index (χ1n) is 9.21. The maximum absolute atomic E-state index is 13.0. The van der Waals surface area contributed by atoms with Crippen molar-refractivity contribution in [2.45, 2.75) is 32.1 Å². The van der Waals surface area contributed by atoms with Gasteiger partial charge in [-0.25, -0.2) is 5.01 Å². The predicted octanol–water partition coefficient (Wildman–Crippen LogP) is 5.15. The van der Waals surface area contributed by atoms with Gasteiger partial charge in [0.25, 0.3) is 5.91 Å². The standard InChI is InChI=1S/C21H20ClN3O3S/c1-13-17(14(2)28-24-13)11-29-12-21(26)25-19(20-4-3-9-27-20)10-18(23-25)15-5-7-16(22)8-6-15/h3-9,19H,10-12H2,1-2H3/t19-/m1/s1. The Morgan fingerprint density at radius 1 is 1.28 bits per heavy atom.